The van der Waals surface area contributed by atoms with Crippen molar-refractivity contribution in [1.82, 2.24) is 20.5 Å². The average Bonchev–Trinajstić information content (AvgIpc) is 2.80. The zero-order chi connectivity index (χ0) is 14.5. The zero-order valence-corrected chi connectivity index (χ0v) is 11.3. The first-order valence-corrected chi connectivity index (χ1v) is 6.33. The number of benzene rings is 1. The van der Waals surface area contributed by atoms with Crippen LogP contribution in [0.25, 0.3) is 0 Å². The van der Waals surface area contributed by atoms with Crippen LogP contribution in [0.4, 0.5) is 5.95 Å². The number of H-pyrrole nitrogens is 1. The fraction of sp³-hybridized carbons (Fsp3) is 0.250. The van der Waals surface area contributed by atoms with Crippen molar-refractivity contribution < 1.29 is 9.90 Å². The van der Waals surface area contributed by atoms with Crippen LogP contribution in [0.1, 0.15) is 11.4 Å². The maximum absolute atomic E-state index is 11.7. The summed E-state index contributed by atoms with van der Waals surface area (Å²) in [6.45, 7) is 0.430. The Kier molecular flexibility index (Phi) is 4.41. The van der Waals surface area contributed by atoms with Gasteiger partial charge in [0.15, 0.2) is 0 Å². The molecule has 2 rings (SSSR count). The van der Waals surface area contributed by atoms with Gasteiger partial charge in [0.05, 0.1) is 11.4 Å². The Morgan fingerprint density at radius 2 is 2.30 bits per heavy atom. The molecule has 1 heterocycles. The van der Waals surface area contributed by atoms with Gasteiger partial charge in [0.2, 0.25) is 11.9 Å². The highest BCUT2D eigenvalue weighted by molar-refractivity contribution is 6.32. The number of anilines is 1. The number of hydrogen-bond acceptors (Lipinski definition) is 5. The normalized spacial score (nSPS) is 10.4. The van der Waals surface area contributed by atoms with Crippen molar-refractivity contribution in [3.8, 4) is 5.75 Å². The number of nitrogens with zero attached hydrogens (tertiary/aromatic N) is 2. The predicted octanol–water partition coefficient (Wildman–Crippen LogP) is 0.647. The summed E-state index contributed by atoms with van der Waals surface area (Å²) >= 11 is 5.77. The zero-order valence-electron chi connectivity index (χ0n) is 10.6. The number of amides is 1. The van der Waals surface area contributed by atoms with E-state index in [1.165, 1.54) is 6.07 Å². The Balaban J connectivity index is 1.79. The molecule has 0 aliphatic rings. The number of aromatic hydroxyl groups is 1. The average molecular weight is 296 g/mol. The summed E-state index contributed by atoms with van der Waals surface area (Å²) in [5, 5.41) is 18.6. The van der Waals surface area contributed by atoms with E-state index in [0.717, 1.165) is 5.56 Å². The van der Waals surface area contributed by atoms with Crippen LogP contribution in [0.15, 0.2) is 18.2 Å². The predicted molar refractivity (Wildman–Crippen MR) is 74.3 cm³/mol. The summed E-state index contributed by atoms with van der Waals surface area (Å²) < 4.78 is 0. The largest absolute Gasteiger partial charge is 0.506 e. The SMILES string of the molecule is Nc1n[nH]c(CCNC(=O)Cc2ccc(O)c(Cl)c2)n1. The van der Waals surface area contributed by atoms with E-state index in [1.54, 1.807) is 12.1 Å². The van der Waals surface area contributed by atoms with E-state index >= 15 is 0 Å². The summed E-state index contributed by atoms with van der Waals surface area (Å²) in [5.41, 5.74) is 6.10. The Morgan fingerprint density at radius 1 is 1.50 bits per heavy atom. The highest BCUT2D eigenvalue weighted by atomic mass is 35.5. The van der Waals surface area contributed by atoms with Gasteiger partial charge in [0.25, 0.3) is 0 Å². The molecule has 0 spiro atoms. The smallest absolute Gasteiger partial charge is 0.239 e. The third-order valence-electron chi connectivity index (χ3n) is 2.61. The van der Waals surface area contributed by atoms with Gasteiger partial charge < -0.3 is 16.2 Å². The Bertz CT molecular complexity index is 614. The van der Waals surface area contributed by atoms with Gasteiger partial charge in [0.1, 0.15) is 11.6 Å². The van der Waals surface area contributed by atoms with Crippen LogP contribution >= 0.6 is 11.6 Å². The van der Waals surface area contributed by atoms with Gasteiger partial charge in [-0.05, 0) is 17.7 Å². The molecule has 0 bridgehead atoms. The number of hydrogen-bond donors (Lipinski definition) is 4. The van der Waals surface area contributed by atoms with Gasteiger partial charge in [0, 0.05) is 13.0 Å². The Morgan fingerprint density at radius 3 is 2.95 bits per heavy atom. The number of nitrogens with one attached hydrogen (secondary N) is 2. The van der Waals surface area contributed by atoms with Crippen molar-refractivity contribution in [3.63, 3.8) is 0 Å². The molecule has 0 atom stereocenters. The van der Waals surface area contributed by atoms with E-state index in [0.29, 0.717) is 18.8 Å². The number of nitrogen functional groups attached to an aromatic ring is 1. The lowest BCUT2D eigenvalue weighted by molar-refractivity contribution is -0.120. The molecule has 0 saturated heterocycles. The minimum absolute atomic E-state index is 0.00117. The van der Waals surface area contributed by atoms with Crippen molar-refractivity contribution in [2.24, 2.45) is 0 Å². The Labute approximate surface area is 120 Å². The number of halogens is 1. The standard InChI is InChI=1S/C12H14ClN5O2/c13-8-5-7(1-2-9(8)19)6-11(20)15-4-3-10-16-12(14)18-17-10/h1-2,5,19H,3-4,6H2,(H,15,20)(H3,14,16,17,18). The highest BCUT2D eigenvalue weighted by Gasteiger charge is 2.06. The van der Waals surface area contributed by atoms with Crippen molar-refractivity contribution in [2.75, 3.05) is 12.3 Å². The third-order valence-corrected chi connectivity index (χ3v) is 2.91. The summed E-state index contributed by atoms with van der Waals surface area (Å²) in [7, 11) is 0. The van der Waals surface area contributed by atoms with Crippen LogP contribution in [-0.4, -0.2) is 32.7 Å². The number of aromatic nitrogens is 3. The molecule has 20 heavy (non-hydrogen) atoms. The number of carbonyl (C=O) groups excluding carboxylic acids is 1. The van der Waals surface area contributed by atoms with E-state index in [2.05, 4.69) is 20.5 Å². The lowest BCUT2D eigenvalue weighted by Crippen LogP contribution is -2.27. The lowest BCUT2D eigenvalue weighted by Gasteiger charge is -2.05. The molecule has 0 radical (unpaired) electrons. The van der Waals surface area contributed by atoms with Gasteiger partial charge >= 0.3 is 0 Å². The van der Waals surface area contributed by atoms with E-state index in [9.17, 15) is 9.90 Å². The summed E-state index contributed by atoms with van der Waals surface area (Å²) in [4.78, 5) is 15.6. The Hall–Kier alpha value is -2.28. The van der Waals surface area contributed by atoms with Gasteiger partial charge in [-0.15, -0.1) is 5.10 Å². The molecule has 8 heteroatoms. The molecule has 0 aliphatic carbocycles. The maximum atomic E-state index is 11.7. The number of aromatic amines is 1. The molecule has 2 aromatic rings. The molecule has 5 N–H and O–H groups in total. The molecule has 7 nitrogen and oxygen atoms in total. The molecular formula is C12H14ClN5O2. The molecule has 0 saturated carbocycles. The second-order valence-corrected chi connectivity index (χ2v) is 4.61. The first-order valence-electron chi connectivity index (χ1n) is 5.95. The second-order valence-electron chi connectivity index (χ2n) is 4.20. The summed E-state index contributed by atoms with van der Waals surface area (Å²) in [5.74, 6) is 0.665. The first-order chi connectivity index (χ1) is 9.54. The summed E-state index contributed by atoms with van der Waals surface area (Å²) in [6.07, 6.45) is 0.713. The molecule has 106 valence electrons. The van der Waals surface area contributed by atoms with Gasteiger partial charge in [-0.1, -0.05) is 17.7 Å². The fourth-order valence-electron chi connectivity index (χ4n) is 1.65. The van der Waals surface area contributed by atoms with Crippen LogP contribution in [0, 0.1) is 0 Å². The van der Waals surface area contributed by atoms with E-state index in [1.807, 2.05) is 0 Å². The molecule has 1 aromatic carbocycles. The lowest BCUT2D eigenvalue weighted by atomic mass is 10.1. The van der Waals surface area contributed by atoms with Crippen LogP contribution in [0.5, 0.6) is 5.75 Å². The number of phenols is 1. The molecule has 0 unspecified atom stereocenters. The minimum Gasteiger partial charge on any atom is -0.506 e. The minimum atomic E-state index is -0.140. The van der Waals surface area contributed by atoms with Crippen molar-refractivity contribution in [2.45, 2.75) is 12.8 Å². The van der Waals surface area contributed by atoms with E-state index < -0.39 is 0 Å². The first kappa shape index (κ1) is 14.1. The number of rotatable bonds is 5. The van der Waals surface area contributed by atoms with Crippen LogP contribution < -0.4 is 11.1 Å². The summed E-state index contributed by atoms with van der Waals surface area (Å²) in [6, 6.07) is 4.67. The molecule has 0 fully saturated rings. The van der Waals surface area contributed by atoms with Gasteiger partial charge in [-0.25, -0.2) is 0 Å². The topological polar surface area (TPSA) is 117 Å². The molecule has 0 aliphatic heterocycles. The third kappa shape index (κ3) is 3.86. The van der Waals surface area contributed by atoms with Crippen LogP contribution in [0.2, 0.25) is 5.02 Å². The van der Waals surface area contributed by atoms with Crippen LogP contribution in [0.3, 0.4) is 0 Å². The van der Waals surface area contributed by atoms with Crippen molar-refractivity contribution in [1.29, 1.82) is 0 Å². The van der Waals surface area contributed by atoms with Crippen molar-refractivity contribution >= 4 is 23.5 Å². The quantitative estimate of drug-likeness (QED) is 0.646. The molecule has 1 amide bonds. The maximum Gasteiger partial charge on any atom is 0.239 e. The van der Waals surface area contributed by atoms with E-state index in [4.69, 9.17) is 17.3 Å². The molecular weight excluding hydrogens is 282 g/mol. The second kappa shape index (κ2) is 6.25. The number of phenolic OH excluding ortho intramolecular Hbond substituents is 1. The number of nitrogens with two attached hydrogens (primary N) is 1. The van der Waals surface area contributed by atoms with Gasteiger partial charge in [-0.3, -0.25) is 9.89 Å². The van der Waals surface area contributed by atoms with E-state index in [-0.39, 0.29) is 29.0 Å². The fourth-order valence-corrected chi connectivity index (χ4v) is 1.85. The number of carbonyl (C=O) groups is 1. The highest BCUT2D eigenvalue weighted by Crippen LogP contribution is 2.23. The van der Waals surface area contributed by atoms with Crippen molar-refractivity contribution in [3.05, 3.63) is 34.6 Å². The van der Waals surface area contributed by atoms with Crippen LogP contribution in [-0.2, 0) is 17.6 Å². The molecule has 1 aromatic heterocycles. The monoisotopic (exact) mass is 295 g/mol. The van der Waals surface area contributed by atoms with Gasteiger partial charge in [-0.2, -0.15) is 4.98 Å².